The first-order chi connectivity index (χ1) is 10.3. The van der Waals surface area contributed by atoms with Crippen LogP contribution in [0.1, 0.15) is 24.4 Å². The Morgan fingerprint density at radius 2 is 1.54 bits per heavy atom. The molecule has 0 aliphatic carbocycles. The van der Waals surface area contributed by atoms with Crippen LogP contribution in [0.4, 0.5) is 13.2 Å². The molecule has 1 aliphatic heterocycles. The molecule has 1 heterocycles. The van der Waals surface area contributed by atoms with Crippen LogP contribution in [0.25, 0.3) is 0 Å². The van der Waals surface area contributed by atoms with Gasteiger partial charge in [0.05, 0.1) is 5.56 Å². The minimum absolute atomic E-state index is 0. The van der Waals surface area contributed by atoms with Crippen LogP contribution >= 0.6 is 24.8 Å². The summed E-state index contributed by atoms with van der Waals surface area (Å²) in [5.74, 6) is -1.14. The number of nitrogens with zero attached hydrogens (tertiary/aromatic N) is 1. The molecular formula is C14H21Cl2F3N2O3. The largest absolute Gasteiger partial charge is 0.508 e. The number of benzene rings is 1. The molecule has 2 rings (SSSR count). The first kappa shape index (κ1) is 22.9. The zero-order valence-corrected chi connectivity index (χ0v) is 14.3. The Morgan fingerprint density at radius 1 is 1.04 bits per heavy atom. The van der Waals surface area contributed by atoms with Crippen LogP contribution in [-0.4, -0.2) is 52.6 Å². The molecule has 10 heteroatoms. The van der Waals surface area contributed by atoms with Crippen LogP contribution in [0, 0.1) is 0 Å². The number of hydrogen-bond acceptors (Lipinski definition) is 5. The molecule has 1 aromatic carbocycles. The normalized spacial score (nSPS) is 16.8. The van der Waals surface area contributed by atoms with Gasteiger partial charge in [0.25, 0.3) is 0 Å². The number of piperazine rings is 1. The summed E-state index contributed by atoms with van der Waals surface area (Å²) in [7, 11) is 0. The van der Waals surface area contributed by atoms with E-state index >= 15 is 0 Å². The Balaban J connectivity index is 0.00000264. The van der Waals surface area contributed by atoms with Gasteiger partial charge in [0, 0.05) is 50.8 Å². The van der Waals surface area contributed by atoms with E-state index in [4.69, 9.17) is 0 Å². The van der Waals surface area contributed by atoms with Crippen LogP contribution < -0.4 is 5.32 Å². The van der Waals surface area contributed by atoms with Gasteiger partial charge >= 0.3 is 6.18 Å². The number of halogens is 5. The fourth-order valence-electron chi connectivity index (χ4n) is 2.75. The van der Waals surface area contributed by atoms with Gasteiger partial charge in [-0.25, -0.2) is 0 Å². The fraction of sp³-hybridized carbons (Fsp3) is 0.571. The lowest BCUT2D eigenvalue weighted by Gasteiger charge is -2.36. The van der Waals surface area contributed by atoms with E-state index in [-0.39, 0.29) is 42.5 Å². The van der Waals surface area contributed by atoms with E-state index in [1.165, 1.54) is 0 Å². The monoisotopic (exact) mass is 392 g/mol. The van der Waals surface area contributed by atoms with Crippen LogP contribution in [0.2, 0.25) is 0 Å². The maximum Gasteiger partial charge on any atom is 0.389 e. The van der Waals surface area contributed by atoms with Crippen molar-refractivity contribution >= 4 is 24.8 Å². The third-order valence-corrected chi connectivity index (χ3v) is 3.75. The van der Waals surface area contributed by atoms with Crippen molar-refractivity contribution < 1.29 is 28.5 Å². The van der Waals surface area contributed by atoms with E-state index in [2.05, 4.69) is 5.32 Å². The summed E-state index contributed by atoms with van der Waals surface area (Å²) in [6.07, 6.45) is -5.59. The molecule has 1 fully saturated rings. The SMILES string of the molecule is Cl.Cl.Oc1cc(O)c([C@@H](CCC(F)(F)F)N2CCNCC2)c(O)c1. The highest BCUT2D eigenvalue weighted by Crippen LogP contribution is 2.42. The maximum absolute atomic E-state index is 12.6. The van der Waals surface area contributed by atoms with Gasteiger partial charge < -0.3 is 20.6 Å². The molecule has 0 saturated carbocycles. The molecule has 5 nitrogen and oxygen atoms in total. The highest BCUT2D eigenvalue weighted by atomic mass is 35.5. The van der Waals surface area contributed by atoms with Crippen molar-refractivity contribution in [2.45, 2.75) is 25.1 Å². The van der Waals surface area contributed by atoms with Crippen molar-refractivity contribution in [3.63, 3.8) is 0 Å². The average molecular weight is 393 g/mol. The van der Waals surface area contributed by atoms with Gasteiger partial charge in [0.2, 0.25) is 0 Å². The number of alkyl halides is 3. The van der Waals surface area contributed by atoms with Gasteiger partial charge in [-0.3, -0.25) is 4.90 Å². The van der Waals surface area contributed by atoms with E-state index < -0.39 is 30.1 Å². The lowest BCUT2D eigenvalue weighted by molar-refractivity contribution is -0.138. The lowest BCUT2D eigenvalue weighted by Crippen LogP contribution is -2.45. The van der Waals surface area contributed by atoms with Crippen molar-refractivity contribution in [3.8, 4) is 17.2 Å². The second kappa shape index (κ2) is 9.41. The number of aromatic hydroxyl groups is 3. The van der Waals surface area contributed by atoms with Gasteiger partial charge in [-0.1, -0.05) is 0 Å². The predicted octanol–water partition coefficient (Wildman–Crippen LogP) is 2.94. The molecule has 1 aliphatic rings. The quantitative estimate of drug-likeness (QED) is 0.633. The van der Waals surface area contributed by atoms with Crippen molar-refractivity contribution in [1.29, 1.82) is 0 Å². The highest BCUT2D eigenvalue weighted by molar-refractivity contribution is 5.85. The van der Waals surface area contributed by atoms with Crippen molar-refractivity contribution in [3.05, 3.63) is 17.7 Å². The Hall–Kier alpha value is -1.09. The van der Waals surface area contributed by atoms with Crippen molar-refractivity contribution in [2.75, 3.05) is 26.2 Å². The summed E-state index contributed by atoms with van der Waals surface area (Å²) in [6, 6.07) is 1.29. The Labute approximate surface area is 150 Å². The molecule has 1 aromatic rings. The number of phenolic OH excluding ortho intramolecular Hbond substituents is 3. The second-order valence-corrected chi connectivity index (χ2v) is 5.35. The highest BCUT2D eigenvalue weighted by Gasteiger charge is 2.33. The minimum Gasteiger partial charge on any atom is -0.508 e. The molecule has 0 spiro atoms. The fourth-order valence-corrected chi connectivity index (χ4v) is 2.75. The molecule has 0 radical (unpaired) electrons. The smallest absolute Gasteiger partial charge is 0.389 e. The van der Waals surface area contributed by atoms with E-state index in [1.807, 2.05) is 0 Å². The summed E-state index contributed by atoms with van der Waals surface area (Å²) in [5.41, 5.74) is 0.0314. The molecule has 0 bridgehead atoms. The molecule has 0 unspecified atom stereocenters. The van der Waals surface area contributed by atoms with Crippen LogP contribution in [0.15, 0.2) is 12.1 Å². The summed E-state index contributed by atoms with van der Waals surface area (Å²) in [6.45, 7) is 2.29. The van der Waals surface area contributed by atoms with E-state index in [0.29, 0.717) is 26.2 Å². The molecular weight excluding hydrogens is 372 g/mol. The molecule has 1 saturated heterocycles. The number of hydrogen-bond donors (Lipinski definition) is 4. The van der Waals surface area contributed by atoms with Gasteiger partial charge in [0.15, 0.2) is 0 Å². The van der Waals surface area contributed by atoms with Crippen LogP contribution in [0.3, 0.4) is 0 Å². The summed E-state index contributed by atoms with van der Waals surface area (Å²) in [5, 5.41) is 32.4. The maximum atomic E-state index is 12.6. The van der Waals surface area contributed by atoms with Crippen molar-refractivity contribution in [1.82, 2.24) is 10.2 Å². The van der Waals surface area contributed by atoms with Crippen molar-refractivity contribution in [2.24, 2.45) is 0 Å². The van der Waals surface area contributed by atoms with Crippen LogP contribution in [0.5, 0.6) is 17.2 Å². The third-order valence-electron chi connectivity index (χ3n) is 3.75. The summed E-state index contributed by atoms with van der Waals surface area (Å²) in [4.78, 5) is 1.80. The minimum atomic E-state index is -4.31. The molecule has 140 valence electrons. The third kappa shape index (κ3) is 6.08. The second-order valence-electron chi connectivity index (χ2n) is 5.35. The molecule has 4 N–H and O–H groups in total. The standard InChI is InChI=1S/C14H19F3N2O3.2ClH/c15-14(16,17)2-1-10(19-5-3-18-4-6-19)13-11(21)7-9(20)8-12(13)22;;/h7-8,10,18,20-22H,1-6H2;2*1H/t10-;;/m1../s1. The Kier molecular flexibility index (Phi) is 8.98. The molecule has 0 amide bonds. The number of nitrogens with one attached hydrogen (secondary N) is 1. The Morgan fingerprint density at radius 3 is 2.00 bits per heavy atom. The first-order valence-corrected chi connectivity index (χ1v) is 7.04. The van der Waals surface area contributed by atoms with Gasteiger partial charge in [-0.05, 0) is 6.42 Å². The number of phenols is 3. The number of rotatable bonds is 4. The van der Waals surface area contributed by atoms with E-state index in [1.54, 1.807) is 4.90 Å². The van der Waals surface area contributed by atoms with Gasteiger partial charge in [-0.15, -0.1) is 24.8 Å². The Bertz CT molecular complexity index is 503. The van der Waals surface area contributed by atoms with E-state index in [9.17, 15) is 28.5 Å². The van der Waals surface area contributed by atoms with Crippen LogP contribution in [-0.2, 0) is 0 Å². The zero-order chi connectivity index (χ0) is 16.3. The van der Waals surface area contributed by atoms with Gasteiger partial charge in [0.1, 0.15) is 17.2 Å². The molecule has 1 atom stereocenters. The summed E-state index contributed by atoms with van der Waals surface area (Å²) >= 11 is 0. The zero-order valence-electron chi connectivity index (χ0n) is 12.7. The summed E-state index contributed by atoms with van der Waals surface area (Å²) < 4.78 is 37.7. The first-order valence-electron chi connectivity index (χ1n) is 7.04. The predicted molar refractivity (Wildman–Crippen MR) is 88.4 cm³/mol. The van der Waals surface area contributed by atoms with Gasteiger partial charge in [-0.2, -0.15) is 13.2 Å². The topological polar surface area (TPSA) is 76.0 Å². The molecule has 0 aromatic heterocycles. The van der Waals surface area contributed by atoms with E-state index in [0.717, 1.165) is 12.1 Å². The molecule has 24 heavy (non-hydrogen) atoms. The lowest BCUT2D eigenvalue weighted by atomic mass is 9.97. The average Bonchev–Trinajstić information content (AvgIpc) is 2.41.